The summed E-state index contributed by atoms with van der Waals surface area (Å²) in [5.74, 6) is 0.668. The molecular weight excluding hydrogens is 258 g/mol. The molecule has 0 radical (unpaired) electrons. The molecule has 0 atom stereocenters. The van der Waals surface area contributed by atoms with Crippen molar-refractivity contribution < 1.29 is 9.15 Å². The number of nitrogens with zero attached hydrogens (tertiary/aromatic N) is 4. The van der Waals surface area contributed by atoms with Gasteiger partial charge >= 0.3 is 0 Å². The van der Waals surface area contributed by atoms with Gasteiger partial charge in [-0.25, -0.2) is 4.63 Å². The maximum atomic E-state index is 5.79. The molecule has 2 heterocycles. The number of hydrogen-bond acceptors (Lipinski definition) is 7. The van der Waals surface area contributed by atoms with Crippen LogP contribution in [0.2, 0.25) is 5.02 Å². The molecule has 90 valence electrons. The molecule has 8 heteroatoms. The number of nitrogens with two attached hydrogens (primary N) is 1. The zero-order chi connectivity index (χ0) is 12.5. The fourth-order valence-corrected chi connectivity index (χ4v) is 1.51. The maximum absolute atomic E-state index is 5.79. The Bertz CT molecular complexity index is 676. The fraction of sp³-hybridized carbons (Fsp3) is 0. The molecule has 0 aliphatic heterocycles. The van der Waals surface area contributed by atoms with Gasteiger partial charge in [0.1, 0.15) is 0 Å². The summed E-state index contributed by atoms with van der Waals surface area (Å²) in [6.45, 7) is 0. The summed E-state index contributed by atoms with van der Waals surface area (Å²) >= 11 is 5.79. The van der Waals surface area contributed by atoms with Crippen molar-refractivity contribution in [2.45, 2.75) is 0 Å². The number of nitrogen functional groups attached to an aromatic ring is 1. The molecule has 2 N–H and O–H groups in total. The van der Waals surface area contributed by atoms with Crippen LogP contribution in [-0.2, 0) is 0 Å². The van der Waals surface area contributed by atoms with Crippen LogP contribution in [-0.4, -0.2) is 20.5 Å². The average Bonchev–Trinajstić information content (AvgIpc) is 2.98. The second-order valence-electron chi connectivity index (χ2n) is 3.43. The Morgan fingerprint density at radius 1 is 1.06 bits per heavy atom. The first kappa shape index (κ1) is 10.7. The van der Waals surface area contributed by atoms with E-state index in [4.69, 9.17) is 21.9 Å². The van der Waals surface area contributed by atoms with Gasteiger partial charge in [-0.15, -0.1) is 0 Å². The zero-order valence-electron chi connectivity index (χ0n) is 8.87. The lowest BCUT2D eigenvalue weighted by atomic mass is 10.2. The molecule has 0 spiro atoms. The van der Waals surface area contributed by atoms with Crippen molar-refractivity contribution in [2.24, 2.45) is 0 Å². The topological polar surface area (TPSA) is 104 Å². The summed E-state index contributed by atoms with van der Waals surface area (Å²) in [7, 11) is 0. The first-order chi connectivity index (χ1) is 8.74. The highest BCUT2D eigenvalue weighted by Crippen LogP contribution is 2.24. The van der Waals surface area contributed by atoms with E-state index in [1.807, 2.05) is 0 Å². The summed E-state index contributed by atoms with van der Waals surface area (Å²) in [5.41, 5.74) is 6.53. The van der Waals surface area contributed by atoms with Gasteiger partial charge in [0.2, 0.25) is 5.82 Å². The Hall–Kier alpha value is -2.41. The molecule has 3 aromatic rings. The van der Waals surface area contributed by atoms with Gasteiger partial charge in [0, 0.05) is 10.6 Å². The lowest BCUT2D eigenvalue weighted by Crippen LogP contribution is -1.89. The van der Waals surface area contributed by atoms with Gasteiger partial charge in [0.25, 0.3) is 5.89 Å². The molecule has 0 saturated carbocycles. The molecule has 0 saturated heterocycles. The summed E-state index contributed by atoms with van der Waals surface area (Å²) in [5, 5.41) is 11.4. The Kier molecular flexibility index (Phi) is 2.45. The standard InChI is InChI=1S/C10H6ClN5O2/c11-6-3-1-5(2-4-6)10-13-9(16-17-10)7-8(12)15-18-14-7/h1-4H,(H2,12,15). The molecule has 1 aromatic carbocycles. The normalized spacial score (nSPS) is 10.7. The van der Waals surface area contributed by atoms with Crippen LogP contribution in [0.3, 0.4) is 0 Å². The van der Waals surface area contributed by atoms with Gasteiger partial charge in [-0.1, -0.05) is 16.8 Å². The van der Waals surface area contributed by atoms with Crippen LogP contribution in [0.4, 0.5) is 5.82 Å². The quantitative estimate of drug-likeness (QED) is 0.754. The van der Waals surface area contributed by atoms with Gasteiger partial charge < -0.3 is 10.3 Å². The van der Waals surface area contributed by atoms with E-state index >= 15 is 0 Å². The molecule has 0 aliphatic rings. The smallest absolute Gasteiger partial charge is 0.258 e. The van der Waals surface area contributed by atoms with Crippen LogP contribution in [0, 0.1) is 0 Å². The van der Waals surface area contributed by atoms with Crippen LogP contribution in [0.1, 0.15) is 0 Å². The molecular formula is C10H6ClN5O2. The highest BCUT2D eigenvalue weighted by Gasteiger charge is 2.17. The number of aromatic nitrogens is 4. The monoisotopic (exact) mass is 263 g/mol. The molecule has 0 bridgehead atoms. The highest BCUT2D eigenvalue weighted by atomic mass is 35.5. The number of hydrogen-bond donors (Lipinski definition) is 1. The molecule has 0 unspecified atom stereocenters. The highest BCUT2D eigenvalue weighted by molar-refractivity contribution is 6.30. The number of rotatable bonds is 2. The zero-order valence-corrected chi connectivity index (χ0v) is 9.63. The largest absolute Gasteiger partial charge is 0.379 e. The first-order valence-electron chi connectivity index (χ1n) is 4.92. The van der Waals surface area contributed by atoms with Crippen molar-refractivity contribution in [3.63, 3.8) is 0 Å². The van der Waals surface area contributed by atoms with E-state index in [1.54, 1.807) is 24.3 Å². The minimum Gasteiger partial charge on any atom is -0.379 e. The summed E-state index contributed by atoms with van der Waals surface area (Å²) in [6.07, 6.45) is 0. The third-order valence-electron chi connectivity index (χ3n) is 2.24. The van der Waals surface area contributed by atoms with E-state index in [-0.39, 0.29) is 17.3 Å². The second-order valence-corrected chi connectivity index (χ2v) is 3.86. The third-order valence-corrected chi connectivity index (χ3v) is 2.49. The predicted molar refractivity (Wildman–Crippen MR) is 62.4 cm³/mol. The van der Waals surface area contributed by atoms with E-state index in [9.17, 15) is 0 Å². The minimum absolute atomic E-state index is 0.110. The summed E-state index contributed by atoms with van der Waals surface area (Å²) in [6, 6.07) is 6.99. The molecule has 2 aromatic heterocycles. The van der Waals surface area contributed by atoms with Crippen LogP contribution in [0.15, 0.2) is 33.4 Å². The lowest BCUT2D eigenvalue weighted by molar-refractivity contribution is 0.310. The summed E-state index contributed by atoms with van der Waals surface area (Å²) < 4.78 is 9.57. The van der Waals surface area contributed by atoms with Crippen molar-refractivity contribution in [3.8, 4) is 23.0 Å². The van der Waals surface area contributed by atoms with Crippen molar-refractivity contribution in [1.82, 2.24) is 20.5 Å². The van der Waals surface area contributed by atoms with Crippen molar-refractivity contribution in [3.05, 3.63) is 29.3 Å². The Morgan fingerprint density at radius 2 is 1.83 bits per heavy atom. The molecule has 7 nitrogen and oxygen atoms in total. The minimum atomic E-state index is 0.110. The van der Waals surface area contributed by atoms with E-state index in [2.05, 4.69) is 25.1 Å². The Morgan fingerprint density at radius 3 is 2.50 bits per heavy atom. The number of benzene rings is 1. The van der Waals surface area contributed by atoms with Gasteiger partial charge in [-0.2, -0.15) is 4.98 Å². The van der Waals surface area contributed by atoms with Gasteiger partial charge in [0.15, 0.2) is 11.5 Å². The van der Waals surface area contributed by atoms with E-state index < -0.39 is 0 Å². The fourth-order valence-electron chi connectivity index (χ4n) is 1.38. The van der Waals surface area contributed by atoms with E-state index in [0.29, 0.717) is 10.9 Å². The lowest BCUT2D eigenvalue weighted by Gasteiger charge is -1.92. The van der Waals surface area contributed by atoms with Gasteiger partial charge in [0.05, 0.1) is 0 Å². The molecule has 0 amide bonds. The predicted octanol–water partition coefficient (Wildman–Crippen LogP) is 2.02. The molecule has 3 rings (SSSR count). The Balaban J connectivity index is 1.99. The van der Waals surface area contributed by atoms with E-state index in [1.165, 1.54) is 0 Å². The number of anilines is 1. The molecule has 0 fully saturated rings. The van der Waals surface area contributed by atoms with Crippen molar-refractivity contribution in [2.75, 3.05) is 5.73 Å². The maximum Gasteiger partial charge on any atom is 0.258 e. The van der Waals surface area contributed by atoms with Crippen molar-refractivity contribution >= 4 is 17.4 Å². The van der Waals surface area contributed by atoms with Gasteiger partial charge in [-0.05, 0) is 34.6 Å². The third kappa shape index (κ3) is 1.80. The van der Waals surface area contributed by atoms with Crippen LogP contribution < -0.4 is 5.73 Å². The average molecular weight is 264 g/mol. The van der Waals surface area contributed by atoms with Gasteiger partial charge in [-0.3, -0.25) is 0 Å². The van der Waals surface area contributed by atoms with Crippen molar-refractivity contribution in [1.29, 1.82) is 0 Å². The molecule has 0 aliphatic carbocycles. The number of halogens is 1. The van der Waals surface area contributed by atoms with Crippen LogP contribution >= 0.6 is 11.6 Å². The SMILES string of the molecule is Nc1nonc1-c1noc(-c2ccc(Cl)cc2)n1. The Labute approximate surface area is 106 Å². The van der Waals surface area contributed by atoms with Crippen LogP contribution in [0.25, 0.3) is 23.0 Å². The molecule has 18 heavy (non-hydrogen) atoms. The second kappa shape index (κ2) is 4.11. The van der Waals surface area contributed by atoms with E-state index in [0.717, 1.165) is 5.56 Å². The summed E-state index contributed by atoms with van der Waals surface area (Å²) in [4.78, 5) is 4.15. The van der Waals surface area contributed by atoms with Crippen LogP contribution in [0.5, 0.6) is 0 Å². The first-order valence-corrected chi connectivity index (χ1v) is 5.30.